The monoisotopic (exact) mass is 237 g/mol. The average Bonchev–Trinajstić information content (AvgIpc) is 2.16. The summed E-state index contributed by atoms with van der Waals surface area (Å²) in [6, 6.07) is 3.96. The van der Waals surface area contributed by atoms with Crippen LogP contribution < -0.4 is 5.32 Å². The van der Waals surface area contributed by atoms with E-state index in [0.717, 1.165) is 23.7 Å². The van der Waals surface area contributed by atoms with Gasteiger partial charge in [-0.1, -0.05) is 6.07 Å². The van der Waals surface area contributed by atoms with Crippen molar-refractivity contribution in [3.63, 3.8) is 0 Å². The number of hydrogen-bond donors (Lipinski definition) is 1. The number of rotatable bonds is 0. The van der Waals surface area contributed by atoms with Crippen LogP contribution in [0.1, 0.15) is 16.7 Å². The second kappa shape index (κ2) is 4.41. The van der Waals surface area contributed by atoms with E-state index in [1.807, 2.05) is 0 Å². The molecule has 1 N–H and O–H groups in total. The lowest BCUT2D eigenvalue weighted by Crippen LogP contribution is -2.24. The molecule has 1 heterocycles. The van der Waals surface area contributed by atoms with Crippen LogP contribution in [-0.2, 0) is 19.1 Å². The molecule has 1 aromatic carbocycles. The molecule has 2 rings (SSSR count). The van der Waals surface area contributed by atoms with Crippen molar-refractivity contribution in [3.05, 3.63) is 34.9 Å². The molecule has 1 aliphatic rings. The molecular formula is C10H11ClF3N. The van der Waals surface area contributed by atoms with Crippen LogP contribution in [0.3, 0.4) is 0 Å². The van der Waals surface area contributed by atoms with E-state index in [2.05, 4.69) is 5.32 Å². The minimum absolute atomic E-state index is 0. The second-order valence-corrected chi connectivity index (χ2v) is 3.41. The summed E-state index contributed by atoms with van der Waals surface area (Å²) < 4.78 is 37.0. The Bertz CT molecular complexity index is 349. The van der Waals surface area contributed by atoms with E-state index in [4.69, 9.17) is 0 Å². The first-order valence-corrected chi connectivity index (χ1v) is 4.47. The highest BCUT2D eigenvalue weighted by Crippen LogP contribution is 2.31. The molecule has 0 fully saturated rings. The summed E-state index contributed by atoms with van der Waals surface area (Å²) in [5, 5.41) is 3.12. The number of fused-ring (bicyclic) bond motifs is 1. The third-order valence-electron chi connectivity index (χ3n) is 2.42. The predicted octanol–water partition coefficient (Wildman–Crippen LogP) is 2.77. The van der Waals surface area contributed by atoms with Gasteiger partial charge in [0.2, 0.25) is 0 Å². The minimum atomic E-state index is -4.22. The van der Waals surface area contributed by atoms with Gasteiger partial charge < -0.3 is 5.32 Å². The highest BCUT2D eigenvalue weighted by atomic mass is 35.5. The van der Waals surface area contributed by atoms with Crippen molar-refractivity contribution in [3.8, 4) is 0 Å². The lowest BCUT2D eigenvalue weighted by molar-refractivity contribution is -0.137. The number of hydrogen-bond acceptors (Lipinski definition) is 1. The zero-order valence-electron chi connectivity index (χ0n) is 7.90. The van der Waals surface area contributed by atoms with Gasteiger partial charge in [0.05, 0.1) is 5.56 Å². The van der Waals surface area contributed by atoms with Gasteiger partial charge in [0.1, 0.15) is 0 Å². The maximum absolute atomic E-state index is 12.3. The predicted molar refractivity (Wildman–Crippen MR) is 54.1 cm³/mol. The quantitative estimate of drug-likeness (QED) is 0.732. The number of alkyl halides is 3. The van der Waals surface area contributed by atoms with Gasteiger partial charge in [-0.3, -0.25) is 0 Å². The zero-order chi connectivity index (χ0) is 10.2. The fourth-order valence-corrected chi connectivity index (χ4v) is 1.65. The maximum atomic E-state index is 12.3. The van der Waals surface area contributed by atoms with Crippen molar-refractivity contribution in [1.29, 1.82) is 0 Å². The number of nitrogens with one attached hydrogen (secondary N) is 1. The van der Waals surface area contributed by atoms with Gasteiger partial charge in [-0.2, -0.15) is 13.2 Å². The third kappa shape index (κ3) is 2.63. The lowest BCUT2D eigenvalue weighted by atomic mass is 9.98. The Morgan fingerprint density at radius 1 is 1.13 bits per heavy atom. The molecule has 0 radical (unpaired) electrons. The summed E-state index contributed by atoms with van der Waals surface area (Å²) in [5.41, 5.74) is 1.25. The van der Waals surface area contributed by atoms with E-state index < -0.39 is 11.7 Å². The van der Waals surface area contributed by atoms with Gasteiger partial charge in [0, 0.05) is 6.54 Å². The first kappa shape index (κ1) is 12.3. The summed E-state index contributed by atoms with van der Waals surface area (Å²) in [7, 11) is 0. The van der Waals surface area contributed by atoms with Crippen LogP contribution >= 0.6 is 12.4 Å². The Hall–Kier alpha value is -0.740. The van der Waals surface area contributed by atoms with Crippen LogP contribution in [0.15, 0.2) is 18.2 Å². The molecular weight excluding hydrogens is 227 g/mol. The zero-order valence-corrected chi connectivity index (χ0v) is 8.71. The SMILES string of the molecule is Cl.FC(F)(F)c1ccc2c(c1)CCNC2. The van der Waals surface area contributed by atoms with Crippen molar-refractivity contribution < 1.29 is 13.2 Å². The van der Waals surface area contributed by atoms with Gasteiger partial charge in [0.15, 0.2) is 0 Å². The van der Waals surface area contributed by atoms with Crippen LogP contribution in [0.25, 0.3) is 0 Å². The lowest BCUT2D eigenvalue weighted by Gasteiger charge is -2.18. The molecule has 0 bridgehead atoms. The number of halogens is 4. The van der Waals surface area contributed by atoms with Crippen LogP contribution in [0.2, 0.25) is 0 Å². The molecule has 0 atom stereocenters. The minimum Gasteiger partial charge on any atom is -0.312 e. The molecule has 0 spiro atoms. The third-order valence-corrected chi connectivity index (χ3v) is 2.42. The highest BCUT2D eigenvalue weighted by Gasteiger charge is 2.31. The van der Waals surface area contributed by atoms with Crippen molar-refractivity contribution in [2.45, 2.75) is 19.1 Å². The first-order chi connectivity index (χ1) is 6.57. The van der Waals surface area contributed by atoms with E-state index in [9.17, 15) is 13.2 Å². The largest absolute Gasteiger partial charge is 0.416 e. The van der Waals surface area contributed by atoms with Crippen molar-refractivity contribution in [1.82, 2.24) is 5.32 Å². The van der Waals surface area contributed by atoms with Crippen LogP contribution in [0, 0.1) is 0 Å². The van der Waals surface area contributed by atoms with E-state index in [1.54, 1.807) is 6.07 Å². The molecule has 0 saturated carbocycles. The Morgan fingerprint density at radius 3 is 2.53 bits per heavy atom. The maximum Gasteiger partial charge on any atom is 0.416 e. The molecule has 0 aliphatic carbocycles. The van der Waals surface area contributed by atoms with Gasteiger partial charge in [-0.05, 0) is 36.2 Å². The molecule has 15 heavy (non-hydrogen) atoms. The second-order valence-electron chi connectivity index (χ2n) is 3.41. The van der Waals surface area contributed by atoms with Crippen molar-refractivity contribution in [2.24, 2.45) is 0 Å². The molecule has 0 amide bonds. The normalized spacial score (nSPS) is 15.4. The summed E-state index contributed by atoms with van der Waals surface area (Å²) >= 11 is 0. The fraction of sp³-hybridized carbons (Fsp3) is 0.400. The van der Waals surface area contributed by atoms with Gasteiger partial charge in [-0.15, -0.1) is 12.4 Å². The van der Waals surface area contributed by atoms with Crippen LogP contribution in [0.5, 0.6) is 0 Å². The van der Waals surface area contributed by atoms with Gasteiger partial charge in [0.25, 0.3) is 0 Å². The Kier molecular flexibility index (Phi) is 3.62. The van der Waals surface area contributed by atoms with E-state index in [-0.39, 0.29) is 12.4 Å². The molecule has 1 aromatic rings. The van der Waals surface area contributed by atoms with Crippen molar-refractivity contribution >= 4 is 12.4 Å². The molecule has 1 aliphatic heterocycles. The van der Waals surface area contributed by atoms with E-state index >= 15 is 0 Å². The first-order valence-electron chi connectivity index (χ1n) is 4.47. The highest BCUT2D eigenvalue weighted by molar-refractivity contribution is 5.85. The standard InChI is InChI=1S/C10H10F3N.ClH/c11-10(12,13)9-2-1-8-6-14-4-3-7(8)5-9;/h1-2,5,14H,3-4,6H2;1H. The summed E-state index contributed by atoms with van der Waals surface area (Å²) in [5.74, 6) is 0. The van der Waals surface area contributed by atoms with Crippen LogP contribution in [0.4, 0.5) is 13.2 Å². The molecule has 0 aromatic heterocycles. The summed E-state index contributed by atoms with van der Waals surface area (Å²) in [6.45, 7) is 1.43. The average molecular weight is 238 g/mol. The molecule has 0 saturated heterocycles. The van der Waals surface area contributed by atoms with Gasteiger partial charge >= 0.3 is 6.18 Å². The molecule has 0 unspecified atom stereocenters. The summed E-state index contributed by atoms with van der Waals surface area (Å²) in [6.07, 6.45) is -3.54. The Morgan fingerprint density at radius 2 is 1.87 bits per heavy atom. The van der Waals surface area contributed by atoms with E-state index in [1.165, 1.54) is 6.07 Å². The Labute approximate surface area is 92.1 Å². The summed E-state index contributed by atoms with van der Waals surface area (Å²) in [4.78, 5) is 0. The topological polar surface area (TPSA) is 12.0 Å². The Balaban J connectivity index is 0.00000112. The molecule has 84 valence electrons. The molecule has 5 heteroatoms. The van der Waals surface area contributed by atoms with E-state index in [0.29, 0.717) is 13.0 Å². The van der Waals surface area contributed by atoms with Crippen LogP contribution in [-0.4, -0.2) is 6.54 Å². The van der Waals surface area contributed by atoms with Crippen molar-refractivity contribution in [2.75, 3.05) is 6.54 Å². The number of benzene rings is 1. The molecule has 1 nitrogen and oxygen atoms in total. The fourth-order valence-electron chi connectivity index (χ4n) is 1.65. The smallest absolute Gasteiger partial charge is 0.312 e. The van der Waals surface area contributed by atoms with Gasteiger partial charge in [-0.25, -0.2) is 0 Å².